The van der Waals surface area contributed by atoms with Crippen LogP contribution in [0, 0.1) is 13.8 Å². The van der Waals surface area contributed by atoms with Crippen LogP contribution in [-0.2, 0) is 4.74 Å². The van der Waals surface area contributed by atoms with Gasteiger partial charge in [0.1, 0.15) is 17.2 Å². The molecule has 6 nitrogen and oxygen atoms in total. The van der Waals surface area contributed by atoms with Crippen molar-refractivity contribution >= 4 is 11.9 Å². The van der Waals surface area contributed by atoms with Gasteiger partial charge in [0.05, 0.1) is 17.7 Å². The highest BCUT2D eigenvalue weighted by molar-refractivity contribution is 5.92. The summed E-state index contributed by atoms with van der Waals surface area (Å²) in [5, 5.41) is 0. The summed E-state index contributed by atoms with van der Waals surface area (Å²) in [5.41, 5.74) is 2.61. The van der Waals surface area contributed by atoms with Gasteiger partial charge < -0.3 is 18.9 Å². The van der Waals surface area contributed by atoms with E-state index in [2.05, 4.69) is 0 Å². The first-order chi connectivity index (χ1) is 15.5. The van der Waals surface area contributed by atoms with E-state index < -0.39 is 11.9 Å². The van der Waals surface area contributed by atoms with Gasteiger partial charge in [0.15, 0.2) is 0 Å². The third-order valence-electron chi connectivity index (χ3n) is 4.70. The Bertz CT molecular complexity index is 1050. The van der Waals surface area contributed by atoms with E-state index in [1.165, 1.54) is 0 Å². The monoisotopic (exact) mass is 434 g/mol. The summed E-state index contributed by atoms with van der Waals surface area (Å²) in [7, 11) is 1.65. The van der Waals surface area contributed by atoms with Crippen molar-refractivity contribution in [1.29, 1.82) is 0 Å². The molecular weight excluding hydrogens is 408 g/mol. The zero-order valence-corrected chi connectivity index (χ0v) is 18.4. The van der Waals surface area contributed by atoms with E-state index in [1.54, 1.807) is 68.6 Å². The lowest BCUT2D eigenvalue weighted by atomic mass is 10.1. The molecule has 3 rings (SSSR count). The topological polar surface area (TPSA) is 71.1 Å². The highest BCUT2D eigenvalue weighted by Crippen LogP contribution is 2.25. The minimum Gasteiger partial charge on any atom is -0.494 e. The van der Waals surface area contributed by atoms with E-state index >= 15 is 0 Å². The van der Waals surface area contributed by atoms with Gasteiger partial charge in [0, 0.05) is 20.1 Å². The molecule has 0 aliphatic heterocycles. The van der Waals surface area contributed by atoms with Crippen molar-refractivity contribution in [3.8, 4) is 17.2 Å². The Kier molecular flexibility index (Phi) is 8.00. The first-order valence-corrected chi connectivity index (χ1v) is 10.3. The van der Waals surface area contributed by atoms with Gasteiger partial charge in [0.2, 0.25) is 0 Å². The molecule has 0 heterocycles. The van der Waals surface area contributed by atoms with Crippen molar-refractivity contribution in [2.24, 2.45) is 0 Å². The van der Waals surface area contributed by atoms with Crippen LogP contribution in [0.2, 0.25) is 0 Å². The first-order valence-electron chi connectivity index (χ1n) is 10.3. The van der Waals surface area contributed by atoms with Crippen LogP contribution >= 0.6 is 0 Å². The number of benzene rings is 3. The van der Waals surface area contributed by atoms with Crippen LogP contribution in [0.15, 0.2) is 66.7 Å². The summed E-state index contributed by atoms with van der Waals surface area (Å²) in [6.07, 6.45) is 0.788. The highest BCUT2D eigenvalue weighted by Gasteiger charge is 2.13. The van der Waals surface area contributed by atoms with Gasteiger partial charge in [-0.3, -0.25) is 0 Å². The second kappa shape index (κ2) is 11.1. The molecule has 0 saturated heterocycles. The van der Waals surface area contributed by atoms with E-state index in [0.29, 0.717) is 47.2 Å². The number of ether oxygens (including phenoxy) is 4. The summed E-state index contributed by atoms with van der Waals surface area (Å²) >= 11 is 0. The fourth-order valence-electron chi connectivity index (χ4n) is 2.89. The normalized spacial score (nSPS) is 10.5. The molecule has 0 aliphatic carbocycles. The summed E-state index contributed by atoms with van der Waals surface area (Å²) in [6.45, 7) is 4.90. The van der Waals surface area contributed by atoms with E-state index in [0.717, 1.165) is 12.0 Å². The molecule has 0 unspecified atom stereocenters. The molecule has 3 aromatic carbocycles. The Labute approximate surface area is 187 Å². The lowest BCUT2D eigenvalue weighted by molar-refractivity contribution is 0.0718. The van der Waals surface area contributed by atoms with Crippen molar-refractivity contribution in [2.75, 3.05) is 20.3 Å². The smallest absolute Gasteiger partial charge is 0.343 e. The number of carbonyl (C=O) groups is 2. The Morgan fingerprint density at radius 2 is 1.31 bits per heavy atom. The van der Waals surface area contributed by atoms with Crippen LogP contribution in [0.3, 0.4) is 0 Å². The van der Waals surface area contributed by atoms with Crippen molar-refractivity contribution < 1.29 is 28.5 Å². The van der Waals surface area contributed by atoms with Crippen LogP contribution in [0.5, 0.6) is 17.2 Å². The SMILES string of the molecule is COCCCOc1ccc(C(=O)Oc2ccc(OC(=O)c3ccc(C)cc3)cc2C)cc1. The standard InChI is InChI=1S/C26H26O6/c1-18-5-7-20(8-6-18)25(27)31-23-13-14-24(19(2)17-23)32-26(28)21-9-11-22(12-10-21)30-16-4-15-29-3/h5-14,17H,4,15-16H2,1-3H3. The zero-order chi connectivity index (χ0) is 22.9. The average Bonchev–Trinajstić information content (AvgIpc) is 2.79. The molecule has 0 atom stereocenters. The molecule has 3 aromatic rings. The second-order valence-electron chi connectivity index (χ2n) is 7.29. The van der Waals surface area contributed by atoms with Gasteiger partial charge in [-0.15, -0.1) is 0 Å². The second-order valence-corrected chi connectivity index (χ2v) is 7.29. The maximum atomic E-state index is 12.5. The average molecular weight is 434 g/mol. The maximum Gasteiger partial charge on any atom is 0.343 e. The van der Waals surface area contributed by atoms with Crippen LogP contribution in [0.25, 0.3) is 0 Å². The van der Waals surface area contributed by atoms with Crippen molar-refractivity contribution in [3.05, 3.63) is 89.0 Å². The molecule has 166 valence electrons. The maximum absolute atomic E-state index is 12.5. The largest absolute Gasteiger partial charge is 0.494 e. The molecule has 0 bridgehead atoms. The van der Waals surface area contributed by atoms with E-state index in [4.69, 9.17) is 18.9 Å². The zero-order valence-electron chi connectivity index (χ0n) is 18.4. The number of methoxy groups -OCH3 is 1. The predicted octanol–water partition coefficient (Wildman–Crippen LogP) is 5.16. The van der Waals surface area contributed by atoms with Gasteiger partial charge in [0.25, 0.3) is 0 Å². The van der Waals surface area contributed by atoms with Crippen molar-refractivity contribution in [3.63, 3.8) is 0 Å². The number of hydrogen-bond acceptors (Lipinski definition) is 6. The number of esters is 2. The molecule has 0 spiro atoms. The molecule has 0 aromatic heterocycles. The molecule has 0 radical (unpaired) electrons. The van der Waals surface area contributed by atoms with Gasteiger partial charge >= 0.3 is 11.9 Å². The van der Waals surface area contributed by atoms with Crippen molar-refractivity contribution in [2.45, 2.75) is 20.3 Å². The fraction of sp³-hybridized carbons (Fsp3) is 0.231. The summed E-state index contributed by atoms with van der Waals surface area (Å²) in [4.78, 5) is 24.8. The highest BCUT2D eigenvalue weighted by atomic mass is 16.5. The number of carbonyl (C=O) groups excluding carboxylic acids is 2. The van der Waals surface area contributed by atoms with Gasteiger partial charge in [-0.05, 0) is 74.0 Å². The fourth-order valence-corrected chi connectivity index (χ4v) is 2.89. The number of hydrogen-bond donors (Lipinski definition) is 0. The molecular formula is C26H26O6. The van der Waals surface area contributed by atoms with Gasteiger partial charge in [-0.25, -0.2) is 9.59 Å². The van der Waals surface area contributed by atoms with E-state index in [9.17, 15) is 9.59 Å². The quantitative estimate of drug-likeness (QED) is 0.263. The summed E-state index contributed by atoms with van der Waals surface area (Å²) in [5.74, 6) is 0.517. The van der Waals surface area contributed by atoms with Gasteiger partial charge in [-0.2, -0.15) is 0 Å². The Balaban J connectivity index is 1.58. The molecule has 32 heavy (non-hydrogen) atoms. The minimum atomic E-state index is -0.483. The number of rotatable bonds is 9. The number of aryl methyl sites for hydroxylation is 2. The molecule has 0 saturated carbocycles. The summed E-state index contributed by atoms with van der Waals surface area (Å²) in [6, 6.07) is 18.8. The Morgan fingerprint density at radius 1 is 0.719 bits per heavy atom. The molecule has 0 fully saturated rings. The van der Waals surface area contributed by atoms with E-state index in [1.807, 2.05) is 19.1 Å². The Morgan fingerprint density at radius 3 is 1.94 bits per heavy atom. The third-order valence-corrected chi connectivity index (χ3v) is 4.70. The molecule has 0 N–H and O–H groups in total. The third kappa shape index (κ3) is 6.43. The van der Waals surface area contributed by atoms with Crippen LogP contribution in [0.1, 0.15) is 38.3 Å². The molecule has 6 heteroatoms. The first kappa shape index (κ1) is 23.0. The van der Waals surface area contributed by atoms with Crippen LogP contribution in [-0.4, -0.2) is 32.3 Å². The predicted molar refractivity (Wildman–Crippen MR) is 121 cm³/mol. The summed E-state index contributed by atoms with van der Waals surface area (Å²) < 4.78 is 21.5. The van der Waals surface area contributed by atoms with Crippen molar-refractivity contribution in [1.82, 2.24) is 0 Å². The molecule has 0 amide bonds. The Hall–Kier alpha value is -3.64. The lowest BCUT2D eigenvalue weighted by Gasteiger charge is -2.10. The van der Waals surface area contributed by atoms with Gasteiger partial charge in [-0.1, -0.05) is 17.7 Å². The van der Waals surface area contributed by atoms with E-state index in [-0.39, 0.29) is 0 Å². The lowest BCUT2D eigenvalue weighted by Crippen LogP contribution is -2.10. The molecule has 0 aliphatic rings. The van der Waals surface area contributed by atoms with Crippen LogP contribution in [0.4, 0.5) is 0 Å². The van der Waals surface area contributed by atoms with Crippen LogP contribution < -0.4 is 14.2 Å². The minimum absolute atomic E-state index is 0.378.